The summed E-state index contributed by atoms with van der Waals surface area (Å²) in [5, 5.41) is 7.38. The minimum absolute atomic E-state index is 0.0824. The highest BCUT2D eigenvalue weighted by molar-refractivity contribution is 9.10. The summed E-state index contributed by atoms with van der Waals surface area (Å²) in [7, 11) is 1.58. The van der Waals surface area contributed by atoms with Gasteiger partial charge in [-0.3, -0.25) is 4.79 Å². The SMILES string of the molecule is COc1cccc(NC(=O)c2nc(-c3ccc(Br)cc3)n(-c3ccc(C)c(C)c3)n2)c1. The number of aromatic nitrogens is 3. The number of benzene rings is 3. The van der Waals surface area contributed by atoms with Gasteiger partial charge in [-0.1, -0.05) is 40.2 Å². The Morgan fingerprint density at radius 2 is 1.77 bits per heavy atom. The Kier molecular flexibility index (Phi) is 5.86. The smallest absolute Gasteiger partial charge is 0.295 e. The van der Waals surface area contributed by atoms with Crippen LogP contribution < -0.4 is 10.1 Å². The summed E-state index contributed by atoms with van der Waals surface area (Å²) in [5.41, 5.74) is 4.63. The molecular formula is C24H21BrN4O2. The van der Waals surface area contributed by atoms with E-state index in [1.54, 1.807) is 23.9 Å². The third kappa shape index (κ3) is 4.51. The second kappa shape index (κ2) is 8.73. The lowest BCUT2D eigenvalue weighted by Crippen LogP contribution is -2.14. The van der Waals surface area contributed by atoms with Gasteiger partial charge in [-0.2, -0.15) is 0 Å². The second-order valence-corrected chi connectivity index (χ2v) is 8.05. The molecule has 1 aromatic heterocycles. The van der Waals surface area contributed by atoms with Gasteiger partial charge < -0.3 is 10.1 Å². The molecule has 156 valence electrons. The summed E-state index contributed by atoms with van der Waals surface area (Å²) >= 11 is 3.46. The van der Waals surface area contributed by atoms with Crippen LogP contribution in [0.4, 0.5) is 5.69 Å². The van der Waals surface area contributed by atoms with Crippen LogP contribution in [0.3, 0.4) is 0 Å². The van der Waals surface area contributed by atoms with Gasteiger partial charge in [0.15, 0.2) is 5.82 Å². The van der Waals surface area contributed by atoms with E-state index in [1.807, 2.05) is 61.5 Å². The Morgan fingerprint density at radius 1 is 1.00 bits per heavy atom. The Bertz CT molecular complexity index is 1250. The lowest BCUT2D eigenvalue weighted by Gasteiger charge is -2.08. The molecule has 4 rings (SSSR count). The highest BCUT2D eigenvalue weighted by Crippen LogP contribution is 2.25. The van der Waals surface area contributed by atoms with Crippen LogP contribution in [0.1, 0.15) is 21.7 Å². The number of amides is 1. The molecule has 0 aliphatic heterocycles. The number of ether oxygens (including phenoxy) is 1. The Hall–Kier alpha value is -3.45. The first-order valence-electron chi connectivity index (χ1n) is 9.70. The molecule has 31 heavy (non-hydrogen) atoms. The molecule has 0 radical (unpaired) electrons. The minimum Gasteiger partial charge on any atom is -0.497 e. The van der Waals surface area contributed by atoms with Gasteiger partial charge in [0.05, 0.1) is 12.8 Å². The van der Waals surface area contributed by atoms with E-state index < -0.39 is 5.91 Å². The maximum Gasteiger partial charge on any atom is 0.295 e. The van der Waals surface area contributed by atoms with Gasteiger partial charge in [-0.25, -0.2) is 9.67 Å². The van der Waals surface area contributed by atoms with Crippen molar-refractivity contribution in [2.24, 2.45) is 0 Å². The molecule has 1 heterocycles. The molecule has 0 aliphatic rings. The van der Waals surface area contributed by atoms with E-state index >= 15 is 0 Å². The van der Waals surface area contributed by atoms with Crippen molar-refractivity contribution < 1.29 is 9.53 Å². The van der Waals surface area contributed by atoms with E-state index in [0.29, 0.717) is 17.3 Å². The zero-order chi connectivity index (χ0) is 22.0. The number of hydrogen-bond acceptors (Lipinski definition) is 4. The summed E-state index contributed by atoms with van der Waals surface area (Å²) in [6.07, 6.45) is 0. The van der Waals surface area contributed by atoms with Crippen LogP contribution in [0.2, 0.25) is 0 Å². The molecular weight excluding hydrogens is 456 g/mol. The molecule has 3 aromatic carbocycles. The van der Waals surface area contributed by atoms with Crippen LogP contribution in [-0.4, -0.2) is 27.8 Å². The van der Waals surface area contributed by atoms with Crippen molar-refractivity contribution in [1.29, 1.82) is 0 Å². The molecule has 1 N–H and O–H groups in total. The lowest BCUT2D eigenvalue weighted by molar-refractivity contribution is 0.101. The van der Waals surface area contributed by atoms with E-state index in [9.17, 15) is 4.79 Å². The van der Waals surface area contributed by atoms with Crippen molar-refractivity contribution in [2.45, 2.75) is 13.8 Å². The fraction of sp³-hybridized carbons (Fsp3) is 0.125. The predicted octanol–water partition coefficient (Wildman–Crippen LogP) is 5.57. The first-order valence-corrected chi connectivity index (χ1v) is 10.5. The number of nitrogens with one attached hydrogen (secondary N) is 1. The van der Waals surface area contributed by atoms with Crippen LogP contribution >= 0.6 is 15.9 Å². The van der Waals surface area contributed by atoms with Crippen molar-refractivity contribution in [2.75, 3.05) is 12.4 Å². The number of rotatable bonds is 5. The molecule has 0 saturated heterocycles. The van der Waals surface area contributed by atoms with Crippen LogP contribution in [0.25, 0.3) is 17.1 Å². The summed E-state index contributed by atoms with van der Waals surface area (Å²) in [6.45, 7) is 4.11. The number of methoxy groups -OCH3 is 1. The van der Waals surface area contributed by atoms with E-state index in [-0.39, 0.29) is 5.82 Å². The zero-order valence-electron chi connectivity index (χ0n) is 17.4. The second-order valence-electron chi connectivity index (χ2n) is 7.13. The number of aryl methyl sites for hydroxylation is 2. The first kappa shape index (κ1) is 20.8. The van der Waals surface area contributed by atoms with Gasteiger partial charge >= 0.3 is 0 Å². The largest absolute Gasteiger partial charge is 0.497 e. The zero-order valence-corrected chi connectivity index (χ0v) is 19.0. The van der Waals surface area contributed by atoms with Crippen molar-refractivity contribution in [3.8, 4) is 22.8 Å². The van der Waals surface area contributed by atoms with Crippen molar-refractivity contribution in [3.05, 3.63) is 88.2 Å². The molecule has 6 nitrogen and oxygen atoms in total. The molecule has 0 atom stereocenters. The summed E-state index contributed by atoms with van der Waals surface area (Å²) in [6, 6.07) is 21.0. The standard InChI is InChI=1S/C24H21BrN4O2/c1-15-7-12-20(13-16(15)2)29-23(17-8-10-18(25)11-9-17)27-22(28-29)24(30)26-19-5-4-6-21(14-19)31-3/h4-14H,1-3H3,(H,26,30). The predicted molar refractivity (Wildman–Crippen MR) is 125 cm³/mol. The van der Waals surface area contributed by atoms with Crippen molar-refractivity contribution in [1.82, 2.24) is 14.8 Å². The fourth-order valence-corrected chi connectivity index (χ4v) is 3.38. The molecule has 0 spiro atoms. The van der Waals surface area contributed by atoms with Gasteiger partial charge in [0, 0.05) is 21.8 Å². The van der Waals surface area contributed by atoms with Crippen LogP contribution in [0.5, 0.6) is 5.75 Å². The molecule has 0 aliphatic carbocycles. The average molecular weight is 477 g/mol. The highest BCUT2D eigenvalue weighted by atomic mass is 79.9. The van der Waals surface area contributed by atoms with Gasteiger partial charge in [0.25, 0.3) is 5.91 Å². The topological polar surface area (TPSA) is 69.0 Å². The Balaban J connectivity index is 1.75. The van der Waals surface area contributed by atoms with E-state index in [0.717, 1.165) is 21.3 Å². The van der Waals surface area contributed by atoms with E-state index in [4.69, 9.17) is 4.74 Å². The number of halogens is 1. The monoisotopic (exact) mass is 476 g/mol. The normalized spacial score (nSPS) is 10.7. The quantitative estimate of drug-likeness (QED) is 0.408. The maximum atomic E-state index is 12.9. The van der Waals surface area contributed by atoms with Gasteiger partial charge in [0.1, 0.15) is 5.75 Å². The summed E-state index contributed by atoms with van der Waals surface area (Å²) < 4.78 is 7.89. The van der Waals surface area contributed by atoms with Crippen molar-refractivity contribution in [3.63, 3.8) is 0 Å². The lowest BCUT2D eigenvalue weighted by atomic mass is 10.1. The molecule has 1 amide bonds. The van der Waals surface area contributed by atoms with Crippen LogP contribution in [0.15, 0.2) is 71.2 Å². The molecule has 0 fully saturated rings. The number of carbonyl (C=O) groups excluding carboxylic acids is 1. The average Bonchev–Trinajstić information content (AvgIpc) is 3.22. The number of anilines is 1. The van der Waals surface area contributed by atoms with Gasteiger partial charge in [-0.05, 0) is 61.4 Å². The molecule has 4 aromatic rings. The number of carbonyl (C=O) groups is 1. The first-order chi connectivity index (χ1) is 14.9. The molecule has 0 unspecified atom stereocenters. The summed E-state index contributed by atoms with van der Waals surface area (Å²) in [4.78, 5) is 17.5. The number of hydrogen-bond donors (Lipinski definition) is 1. The van der Waals surface area contributed by atoms with E-state index in [2.05, 4.69) is 38.3 Å². The van der Waals surface area contributed by atoms with Crippen LogP contribution in [-0.2, 0) is 0 Å². The Morgan fingerprint density at radius 3 is 2.48 bits per heavy atom. The van der Waals surface area contributed by atoms with Crippen molar-refractivity contribution >= 4 is 27.5 Å². The van der Waals surface area contributed by atoms with E-state index in [1.165, 1.54) is 5.56 Å². The van der Waals surface area contributed by atoms with Gasteiger partial charge in [-0.15, -0.1) is 5.10 Å². The third-order valence-corrected chi connectivity index (χ3v) is 5.50. The minimum atomic E-state index is -0.394. The molecule has 0 bridgehead atoms. The maximum absolute atomic E-state index is 12.9. The highest BCUT2D eigenvalue weighted by Gasteiger charge is 2.19. The summed E-state index contributed by atoms with van der Waals surface area (Å²) in [5.74, 6) is 0.932. The third-order valence-electron chi connectivity index (χ3n) is 4.98. The molecule has 0 saturated carbocycles. The number of nitrogens with zero attached hydrogens (tertiary/aromatic N) is 3. The van der Waals surface area contributed by atoms with Gasteiger partial charge in [0.2, 0.25) is 5.82 Å². The van der Waals surface area contributed by atoms with Crippen LogP contribution in [0, 0.1) is 13.8 Å². The fourth-order valence-electron chi connectivity index (χ4n) is 3.12. The Labute approximate surface area is 189 Å². The molecule has 7 heteroatoms.